The minimum Gasteiger partial charge on any atom is -0.481 e. The molecule has 0 spiro atoms. The molecule has 0 radical (unpaired) electrons. The third kappa shape index (κ3) is 73.0. The molecule has 1 saturated heterocycles. The van der Waals surface area contributed by atoms with Crippen LogP contribution in [0.5, 0.6) is 0 Å². The number of halogens is 2. The zero-order chi connectivity index (χ0) is 105. The fraction of sp³-hybridized carbons (Fsp3) is 0.664. The summed E-state index contributed by atoms with van der Waals surface area (Å²) in [6, 6.07) is 25.9. The first-order valence-corrected chi connectivity index (χ1v) is 53.8. The fourth-order valence-electron chi connectivity index (χ4n) is 15.4. The van der Waals surface area contributed by atoms with Gasteiger partial charge in [-0.1, -0.05) is 259 Å². The summed E-state index contributed by atoms with van der Waals surface area (Å²) in [5, 5.41) is 18.8. The Morgan fingerprint density at radius 1 is 0.471 bits per heavy atom. The number of aliphatic hydroxyl groups is 1. The Morgan fingerprint density at radius 2 is 0.804 bits per heavy atom. The van der Waals surface area contributed by atoms with Gasteiger partial charge in [0.25, 0.3) is 10.1 Å². The Kier molecular flexibility index (Phi) is 85.2. The van der Waals surface area contributed by atoms with Crippen molar-refractivity contribution in [3.8, 4) is 0 Å². The van der Waals surface area contributed by atoms with Gasteiger partial charge in [-0.2, -0.15) is 8.42 Å². The van der Waals surface area contributed by atoms with E-state index >= 15 is 0 Å². The number of carboxylic acids is 1. The highest BCUT2D eigenvalue weighted by molar-refractivity contribution is 9.09. The topological polar surface area (TPSA) is 283 Å². The molecule has 1 fully saturated rings. The zero-order valence-corrected chi connectivity index (χ0v) is 93.8. The van der Waals surface area contributed by atoms with Crippen molar-refractivity contribution in [3.63, 3.8) is 0 Å². The number of carbonyl (C=O) groups is 6. The number of rotatable bonds is 61. The van der Waals surface area contributed by atoms with Gasteiger partial charge in [0, 0.05) is 16.0 Å². The second-order valence-electron chi connectivity index (χ2n) is 38.9. The minimum atomic E-state index is -3.67. The number of aliphatic carboxylic acids is 1. The first-order chi connectivity index (χ1) is 64.7. The van der Waals surface area contributed by atoms with Gasteiger partial charge >= 0.3 is 35.8 Å². The predicted octanol–water partition coefficient (Wildman–Crippen LogP) is 29.9. The molecule has 1 aliphatic heterocycles. The van der Waals surface area contributed by atoms with Crippen LogP contribution in [0.1, 0.15) is 362 Å². The number of allylic oxidation sites excluding steroid dienone is 7. The van der Waals surface area contributed by atoms with Crippen molar-refractivity contribution in [1.29, 1.82) is 0 Å². The number of aliphatic imine (C=N–C) groups is 1. The van der Waals surface area contributed by atoms with Crippen LogP contribution in [-0.4, -0.2) is 133 Å². The maximum absolute atomic E-state index is 13.0. The van der Waals surface area contributed by atoms with E-state index in [0.29, 0.717) is 72.7 Å². The summed E-state index contributed by atoms with van der Waals surface area (Å²) in [7, 11) is -3.67. The van der Waals surface area contributed by atoms with E-state index in [1.165, 1.54) is 12.8 Å². The van der Waals surface area contributed by atoms with Gasteiger partial charge in [-0.15, -0.1) is 58.5 Å². The number of alkyl halides is 1. The first kappa shape index (κ1) is 139. The lowest BCUT2D eigenvalue weighted by Gasteiger charge is -2.28. The van der Waals surface area contributed by atoms with Crippen LogP contribution >= 0.6 is 28.3 Å². The number of aliphatic hydroxyl groups excluding tert-OH is 1. The molecular weight excluding hydrogens is 1840 g/mol. The van der Waals surface area contributed by atoms with Crippen molar-refractivity contribution in [3.05, 3.63) is 190 Å². The molecular formula is C116H196BrClN2O17S. The summed E-state index contributed by atoms with van der Waals surface area (Å²) in [6.45, 7) is 75.9. The molecule has 4 rings (SSSR count). The number of carboxylic acid groups (broad SMARTS) is 1. The molecule has 0 aromatic heterocycles. The minimum absolute atomic E-state index is 0. The molecule has 1 aliphatic rings. The van der Waals surface area contributed by atoms with Crippen molar-refractivity contribution in [1.82, 2.24) is 0 Å². The van der Waals surface area contributed by atoms with Gasteiger partial charge < -0.3 is 44.4 Å². The van der Waals surface area contributed by atoms with Crippen LogP contribution < -0.4 is 5.73 Å². The number of aryl methyl sites for hydroxylation is 1. The number of carbonyl (C=O) groups excluding carboxylic acids is 5. The van der Waals surface area contributed by atoms with E-state index in [0.717, 1.165) is 183 Å². The van der Waals surface area contributed by atoms with Crippen LogP contribution in [0.4, 0.5) is 0 Å². The monoisotopic (exact) mass is 2040 g/mol. The van der Waals surface area contributed by atoms with Crippen molar-refractivity contribution in [2.75, 3.05) is 26.4 Å². The number of hydrogen-bond donors (Lipinski definition) is 3. The van der Waals surface area contributed by atoms with Gasteiger partial charge in [-0.25, -0.2) is 4.79 Å². The highest BCUT2D eigenvalue weighted by Gasteiger charge is 2.36. The van der Waals surface area contributed by atoms with Gasteiger partial charge in [0.2, 0.25) is 0 Å². The molecule has 18 atom stereocenters. The lowest BCUT2D eigenvalue weighted by Crippen LogP contribution is -2.40. The Labute approximate surface area is 856 Å². The van der Waals surface area contributed by atoms with Gasteiger partial charge in [-0.3, -0.25) is 33.1 Å². The third-order valence-electron chi connectivity index (χ3n) is 23.6. The molecule has 4 N–H and O–H groups in total. The van der Waals surface area contributed by atoms with E-state index < -0.39 is 57.2 Å². The van der Waals surface area contributed by atoms with Gasteiger partial charge in [0.05, 0.1) is 80.0 Å². The Bertz CT molecular complexity index is 3780. The molecule has 0 saturated carbocycles. The van der Waals surface area contributed by atoms with E-state index in [4.69, 9.17) is 43.3 Å². The van der Waals surface area contributed by atoms with Crippen LogP contribution in [0.25, 0.3) is 0 Å². The highest BCUT2D eigenvalue weighted by atomic mass is 79.9. The van der Waals surface area contributed by atoms with Crippen LogP contribution in [0.2, 0.25) is 0 Å². The SMILES string of the molecule is C=CCCC(C)Br.C=CCCC(C)C[C@@H](CC)C(CC(=O)OC(C)(C)C)C(=O)O.C=CCCC(C)C[C@@H](CC)C(CC(=O)OC(C)(C)C)C(=O)OCC.C=CCCC(C)C[C@@H](CC)C(N)C(=O)OCC.C=CCCC(C)C[C@@H](CC)C(N=C(c1ccccc1)c1ccccc1)C(=O)OCC.C=CCCC(C)C[C@@H](O)CC.C=CCCC(C)C[C@H](CC)OS(=O)(=O)c1ccc(C)cc1.CC[C@H]1CO1.Cl. The van der Waals surface area contributed by atoms with Crippen LogP contribution in [0.15, 0.2) is 183 Å². The van der Waals surface area contributed by atoms with Crippen molar-refractivity contribution in [2.45, 2.75) is 404 Å². The molecule has 792 valence electrons. The van der Waals surface area contributed by atoms with Crippen molar-refractivity contribution >= 4 is 80.0 Å². The highest BCUT2D eigenvalue weighted by Crippen LogP contribution is 2.34. The summed E-state index contributed by atoms with van der Waals surface area (Å²) in [4.78, 5) is 78.6. The third-order valence-corrected chi connectivity index (χ3v) is 25.5. The molecule has 138 heavy (non-hydrogen) atoms. The molecule has 11 unspecified atom stereocenters. The van der Waals surface area contributed by atoms with E-state index in [-0.39, 0.29) is 89.9 Å². The quantitative estimate of drug-likeness (QED) is 0.00900. The summed E-state index contributed by atoms with van der Waals surface area (Å²) in [5.74, 6) is -0.107. The summed E-state index contributed by atoms with van der Waals surface area (Å²) in [6.07, 6.45) is 39.8. The Hall–Kier alpha value is -7.11. The summed E-state index contributed by atoms with van der Waals surface area (Å²) < 4.78 is 61.1. The van der Waals surface area contributed by atoms with Gasteiger partial charge in [0.1, 0.15) is 17.2 Å². The van der Waals surface area contributed by atoms with E-state index in [1.54, 1.807) is 58.9 Å². The number of hydrogen-bond acceptors (Lipinski definition) is 18. The lowest BCUT2D eigenvalue weighted by atomic mass is 9.80. The number of ether oxygens (including phenoxy) is 6. The molecule has 0 aliphatic carbocycles. The first-order valence-electron chi connectivity index (χ1n) is 51.5. The maximum Gasteiger partial charge on any atom is 0.331 e. The van der Waals surface area contributed by atoms with Gasteiger partial charge in [0.15, 0.2) is 6.04 Å². The normalized spacial score (nSPS) is 15.5. The number of benzene rings is 3. The second-order valence-corrected chi connectivity index (χ2v) is 42.1. The standard InChI is InChI=1S/C27H35NO2.C20H36O4.C18H32O4.C17H26O3S.C14H27NO2.C10H20O.C6H11Br.C4H8O.ClH/c1-5-8-15-21(4)20-22(6-2)26(27(29)30-7-3)28-25(23-16-11-9-12-17-23)24-18-13-10-14-19-24;1-8-11-12-15(4)13-16(9-2)17(19(22)23-10-3)14-18(21)24-20(5,6)7;1-7-9-10-13(3)11-14(8-2)15(17(20)21)12-16(19)22-18(4,5)6;1-5-7-8-15(4)13-16(6-2)20-21(18,19)17-11-9-14(3)10-12-17;1-5-8-9-11(4)10-12(6-2)13(15)14(16)17-7-3;1-4-6-7-9(3)8-10(11)5-2;1-3-4-5-6(2)7;1-2-4-3-5-4;/h5,9-14,16-19,21-22,26H,1,6-8,15,20H2,2-4H3;8,15-17H,1,9-14H2,2-7H3;7,13-15H,1,8-12H2,2-6H3,(H,20,21);5,9-12,15-16H,1,6-8,13H2,2-4H3;5,11-13H,1,6-10,15H2,2-4H3;4,9-11H,1,5-8H2,2-3H3;3,6H,1,4-5H2,2H3;4H,2-3H2,1H3;1H/t21?,22-,26?;15?,16-,17?;13?,14-,15?;15?,16-;11?,12-,13?;9?,10-;;4-;/m111010.0./s1. The average molecular weight is 2040 g/mol. The maximum atomic E-state index is 13.0. The second kappa shape index (κ2) is 84.4. The summed E-state index contributed by atoms with van der Waals surface area (Å²) in [5.41, 5.74) is 8.69. The van der Waals surface area contributed by atoms with E-state index in [9.17, 15) is 47.4 Å². The average Bonchev–Trinajstić information content (AvgIpc) is 1.73. The van der Waals surface area contributed by atoms with Crippen LogP contribution in [-0.2, 0) is 71.5 Å². The molecule has 1 heterocycles. The van der Waals surface area contributed by atoms with E-state index in [1.807, 2.05) is 159 Å². The molecule has 3 aromatic carbocycles. The smallest absolute Gasteiger partial charge is 0.331 e. The Morgan fingerprint density at radius 3 is 1.12 bits per heavy atom. The Balaban J connectivity index is -0.000000507. The largest absolute Gasteiger partial charge is 0.481 e. The number of epoxide rings is 1. The molecule has 0 bridgehead atoms. The summed E-state index contributed by atoms with van der Waals surface area (Å²) >= 11 is 3.43. The molecule has 3 aromatic rings. The zero-order valence-electron chi connectivity index (χ0n) is 90.5. The van der Waals surface area contributed by atoms with E-state index in [2.05, 4.69) is 138 Å². The van der Waals surface area contributed by atoms with Gasteiger partial charge in [-0.05, 0) is 288 Å². The van der Waals surface area contributed by atoms with Crippen molar-refractivity contribution in [2.24, 2.45) is 81.7 Å². The molecule has 19 nitrogen and oxygen atoms in total. The van der Waals surface area contributed by atoms with Crippen LogP contribution in [0, 0.1) is 77.9 Å². The van der Waals surface area contributed by atoms with Crippen LogP contribution in [0.3, 0.4) is 0 Å². The number of nitrogens with two attached hydrogens (primary N) is 1. The number of nitrogens with zero attached hydrogens (tertiary/aromatic N) is 1. The predicted molar refractivity (Wildman–Crippen MR) is 585 cm³/mol. The lowest BCUT2D eigenvalue weighted by molar-refractivity contribution is -0.163. The molecule has 22 heteroatoms. The number of esters is 5. The fourth-order valence-corrected chi connectivity index (χ4v) is 16.8. The molecule has 0 amide bonds. The van der Waals surface area contributed by atoms with Crippen molar-refractivity contribution < 1.29 is 80.0 Å².